The molecule has 182 valence electrons. The smallest absolute Gasteiger partial charge is 0.407 e. The number of methoxy groups -OCH3 is 1. The van der Waals surface area contributed by atoms with E-state index in [0.29, 0.717) is 42.6 Å². The monoisotopic (exact) mass is 466 g/mol. The zero-order chi connectivity index (χ0) is 24.5. The number of carbonyl (C=O) groups is 2. The van der Waals surface area contributed by atoms with Crippen LogP contribution >= 0.6 is 0 Å². The molecular weight excluding hydrogens is 432 g/mol. The van der Waals surface area contributed by atoms with E-state index in [-0.39, 0.29) is 17.9 Å². The Morgan fingerprint density at radius 3 is 2.68 bits per heavy atom. The zero-order valence-electron chi connectivity index (χ0n) is 20.5. The predicted octanol–water partition coefficient (Wildman–Crippen LogP) is 3.45. The van der Waals surface area contributed by atoms with Gasteiger partial charge in [-0.3, -0.25) is 9.69 Å². The Hall–Kier alpha value is -3.12. The fraction of sp³-hybridized carbons (Fsp3) is 0.600. The lowest BCUT2D eigenvalue weighted by atomic mass is 9.71. The Bertz CT molecular complexity index is 1110. The minimum absolute atomic E-state index is 0.0138. The van der Waals surface area contributed by atoms with Crippen LogP contribution in [0.1, 0.15) is 62.6 Å². The van der Waals surface area contributed by atoms with Gasteiger partial charge in [-0.05, 0) is 51.3 Å². The fourth-order valence-electron chi connectivity index (χ4n) is 5.30. The van der Waals surface area contributed by atoms with Gasteiger partial charge in [-0.25, -0.2) is 9.78 Å². The van der Waals surface area contributed by atoms with Crippen LogP contribution in [0.15, 0.2) is 12.1 Å². The minimum atomic E-state index is -0.548. The molecule has 34 heavy (non-hydrogen) atoms. The molecule has 1 aliphatic carbocycles. The van der Waals surface area contributed by atoms with Crippen molar-refractivity contribution in [2.45, 2.75) is 58.5 Å². The summed E-state index contributed by atoms with van der Waals surface area (Å²) in [6.07, 6.45) is 2.30. The van der Waals surface area contributed by atoms with Crippen LogP contribution in [0.25, 0.3) is 11.0 Å². The molecule has 2 fully saturated rings. The molecule has 1 atom stereocenters. The highest BCUT2D eigenvalue weighted by atomic mass is 16.5. The number of H-pyrrole nitrogens is 1. The van der Waals surface area contributed by atoms with Gasteiger partial charge in [0, 0.05) is 37.1 Å². The number of Topliss-reactive ketones (excluding diaryl/α,β-unsaturated/α-hetero) is 1. The van der Waals surface area contributed by atoms with E-state index >= 15 is 0 Å². The molecule has 1 saturated heterocycles. The van der Waals surface area contributed by atoms with Crippen molar-refractivity contribution in [3.8, 4) is 6.07 Å². The summed E-state index contributed by atoms with van der Waals surface area (Å²) in [6, 6.07) is 6.38. The number of amides is 1. The summed E-state index contributed by atoms with van der Waals surface area (Å²) in [5.74, 6) is 0.312. The van der Waals surface area contributed by atoms with Gasteiger partial charge >= 0.3 is 6.09 Å². The van der Waals surface area contributed by atoms with Crippen LogP contribution in [0.4, 0.5) is 10.5 Å². The van der Waals surface area contributed by atoms with Gasteiger partial charge < -0.3 is 19.9 Å². The van der Waals surface area contributed by atoms with Gasteiger partial charge in [0.15, 0.2) is 5.82 Å². The summed E-state index contributed by atoms with van der Waals surface area (Å²) in [4.78, 5) is 37.5. The molecule has 2 N–H and O–H groups in total. The molecule has 2 heterocycles. The fourth-order valence-corrected chi connectivity index (χ4v) is 5.30. The molecule has 0 bridgehead atoms. The lowest BCUT2D eigenvalue weighted by Crippen LogP contribution is -2.52. The lowest BCUT2D eigenvalue weighted by molar-refractivity contribution is 0.0715. The summed E-state index contributed by atoms with van der Waals surface area (Å²) in [5.41, 5.74) is 2.32. The maximum absolute atomic E-state index is 13.5. The van der Waals surface area contributed by atoms with Crippen molar-refractivity contribution in [1.82, 2.24) is 20.2 Å². The van der Waals surface area contributed by atoms with Crippen molar-refractivity contribution in [3.63, 3.8) is 0 Å². The van der Waals surface area contributed by atoms with Gasteiger partial charge in [0.25, 0.3) is 0 Å². The summed E-state index contributed by atoms with van der Waals surface area (Å²) < 4.78 is 4.68. The first-order valence-electron chi connectivity index (χ1n) is 12.1. The topological polar surface area (TPSA) is 114 Å². The number of piperazine rings is 1. The molecule has 1 aromatic heterocycles. The van der Waals surface area contributed by atoms with Gasteiger partial charge in [-0.1, -0.05) is 13.8 Å². The number of hydrogen-bond acceptors (Lipinski definition) is 7. The number of ether oxygens (including phenoxy) is 1. The summed E-state index contributed by atoms with van der Waals surface area (Å²) >= 11 is 0. The Kier molecular flexibility index (Phi) is 6.80. The van der Waals surface area contributed by atoms with Crippen molar-refractivity contribution in [2.24, 2.45) is 5.41 Å². The highest BCUT2D eigenvalue weighted by molar-refractivity contribution is 6.00. The first-order valence-corrected chi connectivity index (χ1v) is 12.1. The first-order chi connectivity index (χ1) is 16.3. The number of carbonyl (C=O) groups excluding carboxylic acids is 2. The summed E-state index contributed by atoms with van der Waals surface area (Å²) in [6.45, 7) is 10.1. The van der Waals surface area contributed by atoms with Crippen molar-refractivity contribution in [1.29, 1.82) is 5.26 Å². The Labute approximate surface area is 200 Å². The number of ketones is 1. The zero-order valence-corrected chi connectivity index (χ0v) is 20.5. The van der Waals surface area contributed by atoms with E-state index in [2.05, 4.69) is 49.7 Å². The number of anilines is 1. The number of nitriles is 1. The Morgan fingerprint density at radius 2 is 2.06 bits per heavy atom. The summed E-state index contributed by atoms with van der Waals surface area (Å²) in [7, 11) is 1.35. The normalized spacial score (nSPS) is 25.7. The van der Waals surface area contributed by atoms with Crippen LogP contribution in [0.3, 0.4) is 0 Å². The van der Waals surface area contributed by atoms with E-state index in [0.717, 1.165) is 37.4 Å². The molecule has 9 heteroatoms. The number of fused-ring (bicyclic) bond motifs is 1. The molecule has 1 aromatic carbocycles. The number of likely N-dealkylation sites (N-methyl/N-ethyl adjacent to an activating group) is 1. The van der Waals surface area contributed by atoms with Crippen molar-refractivity contribution >= 4 is 28.6 Å². The van der Waals surface area contributed by atoms with Gasteiger partial charge in [-0.15, -0.1) is 0 Å². The third kappa shape index (κ3) is 4.60. The average molecular weight is 467 g/mol. The lowest BCUT2D eigenvalue weighted by Gasteiger charge is -2.41. The van der Waals surface area contributed by atoms with E-state index in [1.165, 1.54) is 7.11 Å². The maximum Gasteiger partial charge on any atom is 0.407 e. The standard InChI is InChI=1S/C25H34N6O3/c1-5-30-10-11-31(16(2)15-30)21-13-20-19(12-17(21)14-26)28-23(29-20)22(32)25(3)8-6-18(7-9-25)27-24(33)34-4/h12-13,16,18H,5-11,15H2,1-4H3,(H,27,33)(H,28,29)/t16-,18?,25?/m1/s1. The number of nitrogens with one attached hydrogen (secondary N) is 2. The molecule has 2 aromatic rings. The van der Waals surface area contributed by atoms with E-state index < -0.39 is 11.5 Å². The molecule has 0 spiro atoms. The quantitative estimate of drug-likeness (QED) is 0.649. The Morgan fingerprint density at radius 1 is 1.32 bits per heavy atom. The molecule has 2 aliphatic rings. The third-order valence-electron chi connectivity index (χ3n) is 7.55. The van der Waals surface area contributed by atoms with Crippen molar-refractivity contribution in [2.75, 3.05) is 38.2 Å². The second-order valence-electron chi connectivity index (χ2n) is 9.82. The molecular formula is C25H34N6O3. The molecule has 1 saturated carbocycles. The van der Waals surface area contributed by atoms with Gasteiger partial charge in [0.2, 0.25) is 5.78 Å². The second kappa shape index (κ2) is 9.63. The number of benzene rings is 1. The SMILES string of the molecule is CCN1CCN(c2cc3[nH]c(C(=O)C4(C)CCC(NC(=O)OC)CC4)nc3cc2C#N)[C@H](C)C1. The number of aromatic amines is 1. The van der Waals surface area contributed by atoms with E-state index in [4.69, 9.17) is 0 Å². The number of imidazole rings is 1. The van der Waals surface area contributed by atoms with Crippen LogP contribution in [-0.4, -0.2) is 72.1 Å². The summed E-state index contributed by atoms with van der Waals surface area (Å²) in [5, 5.41) is 12.7. The highest BCUT2D eigenvalue weighted by Crippen LogP contribution is 2.39. The van der Waals surface area contributed by atoms with Crippen LogP contribution in [0.5, 0.6) is 0 Å². The molecule has 4 rings (SSSR count). The number of hydrogen-bond donors (Lipinski definition) is 2. The second-order valence-corrected chi connectivity index (χ2v) is 9.82. The van der Waals surface area contributed by atoms with Crippen molar-refractivity contribution in [3.05, 3.63) is 23.5 Å². The molecule has 9 nitrogen and oxygen atoms in total. The number of alkyl carbamates (subject to hydrolysis) is 1. The first kappa shape index (κ1) is 24.0. The van der Waals surface area contributed by atoms with Gasteiger partial charge in [0.05, 0.1) is 29.4 Å². The molecule has 1 amide bonds. The van der Waals surface area contributed by atoms with Gasteiger partial charge in [-0.2, -0.15) is 5.26 Å². The van der Waals surface area contributed by atoms with Crippen LogP contribution in [-0.2, 0) is 4.74 Å². The van der Waals surface area contributed by atoms with E-state index in [1.807, 2.05) is 13.0 Å². The largest absolute Gasteiger partial charge is 0.453 e. The van der Waals surface area contributed by atoms with Crippen LogP contribution < -0.4 is 10.2 Å². The maximum atomic E-state index is 13.5. The number of nitrogens with zero attached hydrogens (tertiary/aromatic N) is 4. The molecule has 0 radical (unpaired) electrons. The average Bonchev–Trinajstić information content (AvgIpc) is 3.26. The minimum Gasteiger partial charge on any atom is -0.453 e. The number of rotatable bonds is 5. The van der Waals surface area contributed by atoms with E-state index in [9.17, 15) is 14.9 Å². The third-order valence-corrected chi connectivity index (χ3v) is 7.55. The van der Waals surface area contributed by atoms with Crippen LogP contribution in [0.2, 0.25) is 0 Å². The highest BCUT2D eigenvalue weighted by Gasteiger charge is 2.40. The Balaban J connectivity index is 1.55. The number of aromatic nitrogens is 2. The predicted molar refractivity (Wildman–Crippen MR) is 130 cm³/mol. The molecule has 0 unspecified atom stereocenters. The van der Waals surface area contributed by atoms with Crippen molar-refractivity contribution < 1.29 is 14.3 Å². The van der Waals surface area contributed by atoms with E-state index in [1.54, 1.807) is 6.07 Å². The molecule has 1 aliphatic heterocycles. The van der Waals surface area contributed by atoms with Gasteiger partial charge in [0.1, 0.15) is 6.07 Å². The van der Waals surface area contributed by atoms with Crippen LogP contribution in [0, 0.1) is 16.7 Å².